The standard InChI is InChI=1S/C19H18P.C17H20N2O2S/c1-20(17-11-5-2-6-12-17,18-13-7-3-8-14-18)19-15-9-4-10-16-19;1-3-20-15-9-5-13(6-10-15)18-17(22)19-14-7-11-16(12-8-14)21-4-2/h2-16H,1H3;5-12H,3-4H2,1-2H3,(H2,18,19,22)/q+1;. The maximum atomic E-state index is 5.40. The lowest BCUT2D eigenvalue weighted by atomic mass is 10.3. The van der Waals surface area contributed by atoms with Gasteiger partial charge in [0.25, 0.3) is 0 Å². The number of anilines is 2. The fourth-order valence-electron chi connectivity index (χ4n) is 4.52. The molecule has 6 heteroatoms. The van der Waals surface area contributed by atoms with E-state index in [1.807, 2.05) is 62.4 Å². The number of ether oxygens (including phenoxy) is 2. The van der Waals surface area contributed by atoms with E-state index in [9.17, 15) is 0 Å². The summed E-state index contributed by atoms with van der Waals surface area (Å²) in [5, 5.41) is 11.1. The molecule has 0 radical (unpaired) electrons. The van der Waals surface area contributed by atoms with Gasteiger partial charge in [-0.05, 0) is 111 Å². The third-order valence-corrected chi connectivity index (χ3v) is 10.9. The van der Waals surface area contributed by atoms with E-state index in [-0.39, 0.29) is 0 Å². The summed E-state index contributed by atoms with van der Waals surface area (Å²) in [4.78, 5) is 0. The monoisotopic (exact) mass is 593 g/mol. The Morgan fingerprint density at radius 2 is 0.833 bits per heavy atom. The third-order valence-electron chi connectivity index (χ3n) is 6.66. The first-order valence-corrected chi connectivity index (χ1v) is 16.7. The predicted octanol–water partition coefficient (Wildman–Crippen LogP) is 7.90. The molecule has 0 aliphatic rings. The van der Waals surface area contributed by atoms with Crippen LogP contribution in [0.15, 0.2) is 140 Å². The van der Waals surface area contributed by atoms with Crippen molar-refractivity contribution < 1.29 is 9.47 Å². The summed E-state index contributed by atoms with van der Waals surface area (Å²) in [5.41, 5.74) is 1.82. The first-order chi connectivity index (χ1) is 20.5. The van der Waals surface area contributed by atoms with Gasteiger partial charge in [0.2, 0.25) is 0 Å². The number of hydrogen-bond donors (Lipinski definition) is 2. The van der Waals surface area contributed by atoms with Crippen molar-refractivity contribution in [2.24, 2.45) is 0 Å². The molecule has 0 bridgehead atoms. The summed E-state index contributed by atoms with van der Waals surface area (Å²) in [7, 11) is -1.53. The summed E-state index contributed by atoms with van der Waals surface area (Å²) in [6, 6.07) is 48.0. The number of benzene rings is 5. The second-order valence-corrected chi connectivity index (χ2v) is 13.5. The first kappa shape index (κ1) is 30.8. The van der Waals surface area contributed by atoms with Crippen LogP contribution in [0.25, 0.3) is 0 Å². The minimum atomic E-state index is -1.53. The first-order valence-electron chi connectivity index (χ1n) is 14.1. The van der Waals surface area contributed by atoms with Crippen molar-refractivity contribution in [2.75, 3.05) is 30.5 Å². The normalized spacial score (nSPS) is 10.5. The van der Waals surface area contributed by atoms with E-state index >= 15 is 0 Å². The maximum Gasteiger partial charge on any atom is 0.175 e. The van der Waals surface area contributed by atoms with Crippen LogP contribution in [0.1, 0.15) is 13.8 Å². The second kappa shape index (κ2) is 15.7. The molecule has 5 rings (SSSR count). The Kier molecular flexibility index (Phi) is 11.5. The van der Waals surface area contributed by atoms with Gasteiger partial charge in [-0.15, -0.1) is 0 Å². The van der Waals surface area contributed by atoms with E-state index in [0.717, 1.165) is 22.9 Å². The van der Waals surface area contributed by atoms with Crippen molar-refractivity contribution in [3.63, 3.8) is 0 Å². The van der Waals surface area contributed by atoms with Crippen molar-refractivity contribution in [1.82, 2.24) is 0 Å². The zero-order valence-corrected chi connectivity index (χ0v) is 26.1. The molecule has 0 atom stereocenters. The fourth-order valence-corrected chi connectivity index (χ4v) is 7.96. The Bertz CT molecular complexity index is 1350. The summed E-state index contributed by atoms with van der Waals surface area (Å²) >= 11 is 5.30. The minimum absolute atomic E-state index is 0.535. The Balaban J connectivity index is 0.000000193. The molecule has 0 fully saturated rings. The van der Waals surface area contributed by atoms with Gasteiger partial charge >= 0.3 is 0 Å². The van der Waals surface area contributed by atoms with Crippen molar-refractivity contribution in [3.8, 4) is 11.5 Å². The molecule has 0 unspecified atom stereocenters. The van der Waals surface area contributed by atoms with Crippen LogP contribution in [-0.4, -0.2) is 25.0 Å². The minimum Gasteiger partial charge on any atom is -0.494 e. The average Bonchev–Trinajstić information content (AvgIpc) is 3.04. The van der Waals surface area contributed by atoms with Gasteiger partial charge in [0, 0.05) is 11.4 Å². The van der Waals surface area contributed by atoms with Crippen LogP contribution in [0.2, 0.25) is 0 Å². The molecule has 0 aliphatic heterocycles. The van der Waals surface area contributed by atoms with Gasteiger partial charge in [0.1, 0.15) is 34.7 Å². The van der Waals surface area contributed by atoms with E-state index in [1.165, 1.54) is 15.9 Å². The molecule has 0 amide bonds. The third kappa shape index (κ3) is 8.42. The maximum absolute atomic E-state index is 5.40. The van der Waals surface area contributed by atoms with Crippen LogP contribution in [0, 0.1) is 0 Å². The molecule has 0 aliphatic carbocycles. The molecular formula is C36H38N2O2PS+. The van der Waals surface area contributed by atoms with Crippen LogP contribution >= 0.6 is 19.5 Å². The topological polar surface area (TPSA) is 42.5 Å². The molecule has 0 saturated carbocycles. The highest BCUT2D eigenvalue weighted by Crippen LogP contribution is 2.51. The van der Waals surface area contributed by atoms with Gasteiger partial charge in [0.15, 0.2) is 5.11 Å². The van der Waals surface area contributed by atoms with Gasteiger partial charge in [-0.25, -0.2) is 0 Å². The van der Waals surface area contributed by atoms with Gasteiger partial charge in [-0.1, -0.05) is 54.6 Å². The molecule has 0 aromatic heterocycles. The second-order valence-electron chi connectivity index (χ2n) is 9.51. The lowest BCUT2D eigenvalue weighted by Crippen LogP contribution is -2.30. The molecule has 5 aromatic rings. The van der Waals surface area contributed by atoms with Gasteiger partial charge < -0.3 is 20.1 Å². The Morgan fingerprint density at radius 3 is 1.12 bits per heavy atom. The number of hydrogen-bond acceptors (Lipinski definition) is 3. The van der Waals surface area contributed by atoms with Crippen LogP contribution in [-0.2, 0) is 0 Å². The van der Waals surface area contributed by atoms with Crippen LogP contribution in [0.4, 0.5) is 11.4 Å². The van der Waals surface area contributed by atoms with Gasteiger partial charge in [-0.3, -0.25) is 0 Å². The summed E-state index contributed by atoms with van der Waals surface area (Å²) in [5.74, 6) is 1.69. The highest BCUT2D eigenvalue weighted by Gasteiger charge is 2.39. The Hall–Kier alpha value is -4.18. The zero-order valence-electron chi connectivity index (χ0n) is 24.4. The largest absolute Gasteiger partial charge is 0.494 e. The quantitative estimate of drug-likeness (QED) is 0.134. The molecule has 5 aromatic carbocycles. The molecule has 42 heavy (non-hydrogen) atoms. The molecule has 214 valence electrons. The Morgan fingerprint density at radius 1 is 0.524 bits per heavy atom. The highest BCUT2D eigenvalue weighted by molar-refractivity contribution is 7.95. The van der Waals surface area contributed by atoms with E-state index in [4.69, 9.17) is 21.7 Å². The van der Waals surface area contributed by atoms with Gasteiger partial charge in [0.05, 0.1) is 19.9 Å². The van der Waals surface area contributed by atoms with E-state index in [0.29, 0.717) is 18.3 Å². The molecule has 0 heterocycles. The smallest absolute Gasteiger partial charge is 0.175 e. The van der Waals surface area contributed by atoms with Gasteiger partial charge in [-0.2, -0.15) is 0 Å². The molecule has 0 spiro atoms. The fraction of sp³-hybridized carbons (Fsp3) is 0.139. The zero-order chi connectivity index (χ0) is 29.6. The van der Waals surface area contributed by atoms with E-state index in [1.54, 1.807) is 0 Å². The Labute approximate surface area is 256 Å². The van der Waals surface area contributed by atoms with Crippen LogP contribution < -0.4 is 36.0 Å². The number of rotatable bonds is 9. The molecular weight excluding hydrogens is 555 g/mol. The summed E-state index contributed by atoms with van der Waals surface area (Å²) < 4.78 is 10.8. The lowest BCUT2D eigenvalue weighted by Gasteiger charge is -2.22. The van der Waals surface area contributed by atoms with E-state index in [2.05, 4.69) is 108 Å². The average molecular weight is 594 g/mol. The van der Waals surface area contributed by atoms with Crippen molar-refractivity contribution in [1.29, 1.82) is 0 Å². The van der Waals surface area contributed by atoms with Crippen molar-refractivity contribution >= 4 is 51.9 Å². The van der Waals surface area contributed by atoms with E-state index < -0.39 is 7.26 Å². The van der Waals surface area contributed by atoms with Crippen LogP contribution in [0.5, 0.6) is 11.5 Å². The predicted molar refractivity (Wildman–Crippen MR) is 186 cm³/mol. The summed E-state index contributed by atoms with van der Waals surface area (Å²) in [6.07, 6.45) is 0. The summed E-state index contributed by atoms with van der Waals surface area (Å²) in [6.45, 7) is 7.64. The number of thiocarbonyl (C=S) groups is 1. The van der Waals surface area contributed by atoms with Crippen LogP contribution in [0.3, 0.4) is 0 Å². The molecule has 0 saturated heterocycles. The number of nitrogens with one attached hydrogen (secondary N) is 2. The SMILES string of the molecule is CCOc1ccc(NC(=S)Nc2ccc(OCC)cc2)cc1.C[P+](c1ccccc1)(c1ccccc1)c1ccccc1. The molecule has 4 nitrogen and oxygen atoms in total. The molecule has 2 N–H and O–H groups in total. The van der Waals surface area contributed by atoms with Crippen molar-refractivity contribution in [2.45, 2.75) is 13.8 Å². The highest BCUT2D eigenvalue weighted by atomic mass is 32.1. The lowest BCUT2D eigenvalue weighted by molar-refractivity contribution is 0.340. The van der Waals surface area contributed by atoms with Crippen molar-refractivity contribution in [3.05, 3.63) is 140 Å².